The number of phosphoric acid groups is 2. The molecule has 0 radical (unpaired) electrons. The van der Waals surface area contributed by atoms with Crippen LogP contribution in [-0.2, 0) is 65.4 Å². The lowest BCUT2D eigenvalue weighted by Gasteiger charge is -2.21. The summed E-state index contributed by atoms with van der Waals surface area (Å²) in [4.78, 5) is 72.6. The van der Waals surface area contributed by atoms with Crippen LogP contribution in [0.4, 0.5) is 0 Å². The SMILES string of the molecule is CCCCCCCCCCCCCCCCCCCCCCC(=O)O[C@H](COC(=O)CCCCCCCCCCCCC(C)CC)COP(=O)(O)OC[C@@H](O)COP(=O)(O)OC[C@@H](COC(=O)CCCCCCCCC(C)C)OC(=O)CCCCCCCCCCCC. The normalized spacial score (nSPS) is 14.3. The summed E-state index contributed by atoms with van der Waals surface area (Å²) in [6.07, 6.45) is 52.9. The van der Waals surface area contributed by atoms with Crippen LogP contribution >= 0.6 is 15.6 Å². The highest BCUT2D eigenvalue weighted by Crippen LogP contribution is 2.45. The van der Waals surface area contributed by atoms with Crippen molar-refractivity contribution in [3.05, 3.63) is 0 Å². The Bertz CT molecular complexity index is 1810. The number of esters is 4. The Balaban J connectivity index is 5.20. The molecule has 0 aliphatic rings. The van der Waals surface area contributed by atoms with Crippen LogP contribution in [0.3, 0.4) is 0 Å². The molecule has 17 nitrogen and oxygen atoms in total. The van der Waals surface area contributed by atoms with Crippen molar-refractivity contribution in [2.75, 3.05) is 39.6 Å². The number of hydrogen-bond donors (Lipinski definition) is 3. The monoisotopic (exact) mass is 1370 g/mol. The molecule has 0 aromatic rings. The summed E-state index contributed by atoms with van der Waals surface area (Å²) in [6.45, 7) is 9.51. The first-order valence-electron chi connectivity index (χ1n) is 38.5. The maximum Gasteiger partial charge on any atom is 0.472 e. The third-order valence-electron chi connectivity index (χ3n) is 17.6. The van der Waals surface area contributed by atoms with Gasteiger partial charge < -0.3 is 33.8 Å². The lowest BCUT2D eigenvalue weighted by atomic mass is 9.99. The Morgan fingerprint density at radius 2 is 0.548 bits per heavy atom. The van der Waals surface area contributed by atoms with Crippen LogP contribution in [0.2, 0.25) is 0 Å². The first-order chi connectivity index (χ1) is 44.9. The van der Waals surface area contributed by atoms with Gasteiger partial charge in [-0.15, -0.1) is 0 Å². The molecule has 0 aromatic heterocycles. The highest BCUT2D eigenvalue weighted by atomic mass is 31.2. The zero-order valence-electron chi connectivity index (χ0n) is 60.6. The third-order valence-corrected chi connectivity index (χ3v) is 19.5. The molecule has 0 spiro atoms. The van der Waals surface area contributed by atoms with Crippen molar-refractivity contribution in [1.29, 1.82) is 0 Å². The number of aliphatic hydroxyl groups excluding tert-OH is 1. The van der Waals surface area contributed by atoms with Gasteiger partial charge in [-0.25, -0.2) is 9.13 Å². The smallest absolute Gasteiger partial charge is 0.462 e. The summed E-state index contributed by atoms with van der Waals surface area (Å²) < 4.78 is 68.4. The van der Waals surface area contributed by atoms with Gasteiger partial charge in [-0.05, 0) is 37.5 Å². The number of carbonyl (C=O) groups is 4. The molecule has 0 fully saturated rings. The fourth-order valence-electron chi connectivity index (χ4n) is 11.3. The summed E-state index contributed by atoms with van der Waals surface area (Å²) in [6, 6.07) is 0. The fraction of sp³-hybridized carbons (Fsp3) is 0.946. The number of phosphoric ester groups is 2. The predicted molar refractivity (Wildman–Crippen MR) is 377 cm³/mol. The van der Waals surface area contributed by atoms with Gasteiger partial charge in [0.15, 0.2) is 12.2 Å². The minimum Gasteiger partial charge on any atom is -0.462 e. The Morgan fingerprint density at radius 3 is 0.817 bits per heavy atom. The standard InChI is InChI=1S/C74H144O17P2/c1-7-10-12-14-16-18-20-21-22-23-24-25-26-27-28-29-35-39-47-53-59-74(79)90-69(62-84-71(76)56-50-44-37-34-31-30-32-36-43-49-55-67(6)9-3)64-88-92(80,81)86-60-68(75)61-87-93(82,83)89-65-70(63-85-72(77)57-51-45-41-40-42-48-54-66(4)5)91-73(78)58-52-46-38-33-19-17-15-13-11-8-2/h66-70,75H,7-65H2,1-6H3,(H,80,81)(H,82,83)/t67?,68-,69-,70-/m1/s1. The van der Waals surface area contributed by atoms with E-state index in [0.29, 0.717) is 31.6 Å². The molecule has 3 N–H and O–H groups in total. The maximum atomic E-state index is 13.1. The second-order valence-corrected chi connectivity index (χ2v) is 30.3. The number of unbranched alkanes of at least 4 members (excludes halogenated alkanes) is 42. The van der Waals surface area contributed by atoms with Crippen LogP contribution in [0, 0.1) is 11.8 Å². The van der Waals surface area contributed by atoms with Gasteiger partial charge in [0.25, 0.3) is 0 Å². The molecule has 0 saturated heterocycles. The highest BCUT2D eigenvalue weighted by Gasteiger charge is 2.30. The molecule has 0 bridgehead atoms. The number of aliphatic hydroxyl groups is 1. The van der Waals surface area contributed by atoms with Crippen molar-refractivity contribution >= 4 is 39.5 Å². The maximum absolute atomic E-state index is 13.1. The van der Waals surface area contributed by atoms with Crippen molar-refractivity contribution in [2.24, 2.45) is 11.8 Å². The molecule has 6 atom stereocenters. The van der Waals surface area contributed by atoms with E-state index in [1.807, 2.05) is 0 Å². The van der Waals surface area contributed by atoms with Gasteiger partial charge in [-0.1, -0.05) is 330 Å². The number of hydrogen-bond acceptors (Lipinski definition) is 15. The van der Waals surface area contributed by atoms with Crippen LogP contribution in [0.1, 0.15) is 382 Å². The quantitative estimate of drug-likeness (QED) is 0.0222. The van der Waals surface area contributed by atoms with Crippen LogP contribution in [-0.4, -0.2) is 96.7 Å². The summed E-state index contributed by atoms with van der Waals surface area (Å²) in [5.41, 5.74) is 0. The zero-order chi connectivity index (χ0) is 68.6. The minimum absolute atomic E-state index is 0.105. The molecular formula is C74H144O17P2. The average Bonchev–Trinajstić information content (AvgIpc) is 2.42. The van der Waals surface area contributed by atoms with Gasteiger partial charge >= 0.3 is 39.5 Å². The summed E-state index contributed by atoms with van der Waals surface area (Å²) in [7, 11) is -9.90. The van der Waals surface area contributed by atoms with E-state index < -0.39 is 97.5 Å². The van der Waals surface area contributed by atoms with E-state index in [1.54, 1.807) is 0 Å². The second kappa shape index (κ2) is 66.0. The number of ether oxygens (including phenoxy) is 4. The topological polar surface area (TPSA) is 237 Å². The van der Waals surface area contributed by atoms with Gasteiger partial charge in [0.2, 0.25) is 0 Å². The zero-order valence-corrected chi connectivity index (χ0v) is 62.3. The van der Waals surface area contributed by atoms with Crippen LogP contribution in [0.15, 0.2) is 0 Å². The number of carbonyl (C=O) groups excluding carboxylic acids is 4. The lowest BCUT2D eigenvalue weighted by molar-refractivity contribution is -0.161. The van der Waals surface area contributed by atoms with Crippen molar-refractivity contribution < 1.29 is 80.2 Å². The Labute approximate surface area is 568 Å². The highest BCUT2D eigenvalue weighted by molar-refractivity contribution is 7.47. The van der Waals surface area contributed by atoms with E-state index in [2.05, 4.69) is 41.5 Å². The van der Waals surface area contributed by atoms with Crippen molar-refractivity contribution in [2.45, 2.75) is 400 Å². The average molecular weight is 1370 g/mol. The van der Waals surface area contributed by atoms with E-state index >= 15 is 0 Å². The molecule has 0 aromatic carbocycles. The lowest BCUT2D eigenvalue weighted by Crippen LogP contribution is -2.30. The van der Waals surface area contributed by atoms with Crippen LogP contribution in [0.25, 0.3) is 0 Å². The Kier molecular flexibility index (Phi) is 64.6. The largest absolute Gasteiger partial charge is 0.472 e. The van der Waals surface area contributed by atoms with E-state index in [0.717, 1.165) is 102 Å². The fourth-order valence-corrected chi connectivity index (χ4v) is 12.8. The molecule has 3 unspecified atom stereocenters. The molecule has 0 rings (SSSR count). The second-order valence-electron chi connectivity index (χ2n) is 27.4. The molecule has 0 aliphatic heterocycles. The summed E-state index contributed by atoms with van der Waals surface area (Å²) >= 11 is 0. The predicted octanol–water partition coefficient (Wildman–Crippen LogP) is 21.6. The van der Waals surface area contributed by atoms with E-state index in [-0.39, 0.29) is 25.7 Å². The minimum atomic E-state index is -4.96. The molecule has 19 heteroatoms. The van der Waals surface area contributed by atoms with Crippen molar-refractivity contribution in [1.82, 2.24) is 0 Å². The molecular weight excluding hydrogens is 1220 g/mol. The van der Waals surface area contributed by atoms with Crippen LogP contribution in [0.5, 0.6) is 0 Å². The molecule has 93 heavy (non-hydrogen) atoms. The molecule has 0 amide bonds. The first kappa shape index (κ1) is 91.1. The number of rotatable bonds is 73. The van der Waals surface area contributed by atoms with E-state index in [4.69, 9.17) is 37.0 Å². The van der Waals surface area contributed by atoms with Gasteiger partial charge in [-0.2, -0.15) is 0 Å². The molecule has 552 valence electrons. The Hall–Kier alpha value is -1.94. The summed E-state index contributed by atoms with van der Waals surface area (Å²) in [5, 5.41) is 10.6. The molecule has 0 saturated carbocycles. The first-order valence-corrected chi connectivity index (χ1v) is 41.5. The van der Waals surface area contributed by atoms with Gasteiger partial charge in [0.1, 0.15) is 19.3 Å². The van der Waals surface area contributed by atoms with Crippen molar-refractivity contribution in [3.63, 3.8) is 0 Å². The summed E-state index contributed by atoms with van der Waals surface area (Å²) in [5.74, 6) is -0.632. The van der Waals surface area contributed by atoms with Gasteiger partial charge in [0.05, 0.1) is 26.4 Å². The van der Waals surface area contributed by atoms with Gasteiger partial charge in [0, 0.05) is 25.7 Å². The third kappa shape index (κ3) is 67.0. The van der Waals surface area contributed by atoms with E-state index in [1.165, 1.54) is 193 Å². The van der Waals surface area contributed by atoms with Crippen LogP contribution < -0.4 is 0 Å². The molecule has 0 heterocycles. The Morgan fingerprint density at radius 1 is 0.312 bits per heavy atom. The molecule has 0 aliphatic carbocycles. The van der Waals surface area contributed by atoms with Crippen molar-refractivity contribution in [3.8, 4) is 0 Å². The van der Waals surface area contributed by atoms with Gasteiger partial charge in [-0.3, -0.25) is 37.3 Å². The van der Waals surface area contributed by atoms with E-state index in [9.17, 15) is 43.2 Å².